The number of rotatable bonds is 5. The van der Waals surface area contributed by atoms with Gasteiger partial charge < -0.3 is 9.47 Å². The van der Waals surface area contributed by atoms with Gasteiger partial charge >= 0.3 is 0 Å². The molecule has 0 aromatic carbocycles. The molecule has 0 saturated carbocycles. The fourth-order valence-corrected chi connectivity index (χ4v) is 1.90. The predicted molar refractivity (Wildman–Crippen MR) is 61.6 cm³/mol. The number of hydrogen-bond acceptors (Lipinski definition) is 3. The fraction of sp³-hybridized carbons (Fsp3) is 0.750. The first-order valence-electron chi connectivity index (χ1n) is 6.15. The van der Waals surface area contributed by atoms with Gasteiger partial charge in [0.05, 0.1) is 18.5 Å². The molecule has 1 fully saturated rings. The molecule has 0 N–H and O–H groups in total. The zero-order valence-corrected chi connectivity index (χ0v) is 9.89. The van der Waals surface area contributed by atoms with Crippen LogP contribution in [-0.4, -0.2) is 29.1 Å². The van der Waals surface area contributed by atoms with Crippen LogP contribution < -0.4 is 4.74 Å². The summed E-state index contributed by atoms with van der Waals surface area (Å²) in [6.07, 6.45) is 8.64. The second kappa shape index (κ2) is 5.89. The van der Waals surface area contributed by atoms with Crippen molar-refractivity contribution in [3.05, 3.63) is 12.4 Å². The van der Waals surface area contributed by atoms with E-state index in [0.29, 0.717) is 6.61 Å². The van der Waals surface area contributed by atoms with Crippen LogP contribution in [0.15, 0.2) is 12.4 Å². The van der Waals surface area contributed by atoms with E-state index in [4.69, 9.17) is 9.47 Å². The molecule has 0 aliphatic carbocycles. The van der Waals surface area contributed by atoms with Crippen LogP contribution in [0.2, 0.25) is 0 Å². The second-order valence-electron chi connectivity index (χ2n) is 4.24. The highest BCUT2D eigenvalue weighted by Crippen LogP contribution is 2.15. The normalized spacial score (nSPS) is 20.9. The van der Waals surface area contributed by atoms with Gasteiger partial charge in [0.1, 0.15) is 6.61 Å². The van der Waals surface area contributed by atoms with Crippen molar-refractivity contribution in [1.82, 2.24) is 9.78 Å². The Kier molecular flexibility index (Phi) is 4.22. The van der Waals surface area contributed by atoms with Crippen LogP contribution in [0.3, 0.4) is 0 Å². The largest absolute Gasteiger partial charge is 0.488 e. The molecule has 4 nitrogen and oxygen atoms in total. The quantitative estimate of drug-likeness (QED) is 0.769. The smallest absolute Gasteiger partial charge is 0.157 e. The first kappa shape index (κ1) is 11.5. The summed E-state index contributed by atoms with van der Waals surface area (Å²) < 4.78 is 13.2. The van der Waals surface area contributed by atoms with Crippen LogP contribution in [0.5, 0.6) is 5.75 Å². The van der Waals surface area contributed by atoms with Gasteiger partial charge in [0.2, 0.25) is 0 Å². The Morgan fingerprint density at radius 2 is 2.50 bits per heavy atom. The third-order valence-corrected chi connectivity index (χ3v) is 2.77. The van der Waals surface area contributed by atoms with Gasteiger partial charge in [0.15, 0.2) is 5.75 Å². The Balaban J connectivity index is 1.75. The molecule has 16 heavy (non-hydrogen) atoms. The number of nitrogens with zero attached hydrogens (tertiary/aromatic N) is 2. The summed E-state index contributed by atoms with van der Waals surface area (Å²) in [6.45, 7) is 4.61. The molecule has 0 bridgehead atoms. The lowest BCUT2D eigenvalue weighted by Crippen LogP contribution is -2.25. The summed E-state index contributed by atoms with van der Waals surface area (Å²) in [5, 5.41) is 4.22. The molecule has 0 spiro atoms. The van der Waals surface area contributed by atoms with Crippen LogP contribution >= 0.6 is 0 Å². The molecular formula is C12H20N2O2. The average Bonchev–Trinajstić information content (AvgIpc) is 2.76. The van der Waals surface area contributed by atoms with Crippen molar-refractivity contribution in [2.24, 2.45) is 0 Å². The van der Waals surface area contributed by atoms with Crippen LogP contribution in [0.1, 0.15) is 32.6 Å². The van der Waals surface area contributed by atoms with Gasteiger partial charge in [0, 0.05) is 13.2 Å². The minimum atomic E-state index is 0.267. The van der Waals surface area contributed by atoms with Gasteiger partial charge in [-0.15, -0.1) is 0 Å². The maximum absolute atomic E-state index is 5.66. The molecule has 1 unspecified atom stereocenters. The minimum Gasteiger partial charge on any atom is -0.488 e. The molecule has 4 heteroatoms. The van der Waals surface area contributed by atoms with Gasteiger partial charge in [-0.1, -0.05) is 6.92 Å². The standard InChI is InChI=1S/C12H20N2O2/c1-2-6-14-9-12(8-13-14)16-10-11-5-3-4-7-15-11/h8-9,11H,2-7,10H2,1H3. The Labute approximate surface area is 96.5 Å². The molecule has 1 aromatic heterocycles. The lowest BCUT2D eigenvalue weighted by molar-refractivity contribution is -0.0110. The molecule has 0 radical (unpaired) electrons. The fourth-order valence-electron chi connectivity index (χ4n) is 1.90. The minimum absolute atomic E-state index is 0.267. The summed E-state index contributed by atoms with van der Waals surface area (Å²) >= 11 is 0. The first-order chi connectivity index (χ1) is 7.88. The Hall–Kier alpha value is -1.03. The lowest BCUT2D eigenvalue weighted by Gasteiger charge is -2.22. The van der Waals surface area contributed by atoms with Gasteiger partial charge in [0.25, 0.3) is 0 Å². The molecule has 0 amide bonds. The van der Waals surface area contributed by atoms with Crippen LogP contribution in [0, 0.1) is 0 Å². The Bertz CT molecular complexity index is 306. The number of ether oxygens (including phenoxy) is 2. The van der Waals surface area contributed by atoms with Crippen molar-refractivity contribution in [1.29, 1.82) is 0 Å². The third-order valence-electron chi connectivity index (χ3n) is 2.77. The van der Waals surface area contributed by atoms with Crippen molar-refractivity contribution in [2.75, 3.05) is 13.2 Å². The summed E-state index contributed by atoms with van der Waals surface area (Å²) in [7, 11) is 0. The number of aryl methyl sites for hydroxylation is 1. The van der Waals surface area contributed by atoms with Crippen LogP contribution in [-0.2, 0) is 11.3 Å². The molecule has 2 rings (SSSR count). The molecular weight excluding hydrogens is 204 g/mol. The molecule has 1 atom stereocenters. The lowest BCUT2D eigenvalue weighted by atomic mass is 10.1. The summed E-state index contributed by atoms with van der Waals surface area (Å²) in [5.74, 6) is 0.850. The van der Waals surface area contributed by atoms with E-state index in [0.717, 1.165) is 31.7 Å². The first-order valence-corrected chi connectivity index (χ1v) is 6.15. The van der Waals surface area contributed by atoms with Crippen LogP contribution in [0.4, 0.5) is 0 Å². The van der Waals surface area contributed by atoms with Gasteiger partial charge in [-0.25, -0.2) is 0 Å². The summed E-state index contributed by atoms with van der Waals surface area (Å²) in [4.78, 5) is 0. The zero-order chi connectivity index (χ0) is 11.2. The van der Waals surface area contributed by atoms with E-state index in [1.54, 1.807) is 6.20 Å². The molecule has 1 aliphatic rings. The van der Waals surface area contributed by atoms with E-state index < -0.39 is 0 Å². The zero-order valence-electron chi connectivity index (χ0n) is 9.89. The van der Waals surface area contributed by atoms with E-state index in [1.165, 1.54) is 12.8 Å². The summed E-state index contributed by atoms with van der Waals surface area (Å²) in [5.41, 5.74) is 0. The van der Waals surface area contributed by atoms with E-state index in [-0.39, 0.29) is 6.10 Å². The van der Waals surface area contributed by atoms with E-state index in [1.807, 2.05) is 10.9 Å². The van der Waals surface area contributed by atoms with Crippen molar-refractivity contribution in [3.63, 3.8) is 0 Å². The second-order valence-corrected chi connectivity index (χ2v) is 4.24. The highest BCUT2D eigenvalue weighted by Gasteiger charge is 2.14. The average molecular weight is 224 g/mol. The van der Waals surface area contributed by atoms with Gasteiger partial charge in [-0.05, 0) is 25.7 Å². The van der Waals surface area contributed by atoms with Crippen molar-refractivity contribution in [2.45, 2.75) is 45.3 Å². The Morgan fingerprint density at radius 3 is 3.25 bits per heavy atom. The van der Waals surface area contributed by atoms with Crippen molar-refractivity contribution >= 4 is 0 Å². The van der Waals surface area contributed by atoms with Gasteiger partial charge in [-0.3, -0.25) is 4.68 Å². The van der Waals surface area contributed by atoms with Gasteiger partial charge in [-0.2, -0.15) is 5.10 Å². The molecule has 90 valence electrons. The highest BCUT2D eigenvalue weighted by molar-refractivity contribution is 5.11. The van der Waals surface area contributed by atoms with Crippen molar-refractivity contribution in [3.8, 4) is 5.75 Å². The molecule has 1 saturated heterocycles. The summed E-state index contributed by atoms with van der Waals surface area (Å²) in [6, 6.07) is 0. The number of hydrogen-bond donors (Lipinski definition) is 0. The maximum Gasteiger partial charge on any atom is 0.157 e. The molecule has 2 heterocycles. The monoisotopic (exact) mass is 224 g/mol. The number of aromatic nitrogens is 2. The molecule has 1 aromatic rings. The SMILES string of the molecule is CCCn1cc(OCC2CCCCO2)cn1. The highest BCUT2D eigenvalue weighted by atomic mass is 16.5. The Morgan fingerprint density at radius 1 is 1.56 bits per heavy atom. The van der Waals surface area contributed by atoms with Crippen LogP contribution in [0.25, 0.3) is 0 Å². The van der Waals surface area contributed by atoms with Crippen molar-refractivity contribution < 1.29 is 9.47 Å². The maximum atomic E-state index is 5.66. The molecule has 1 aliphatic heterocycles. The van der Waals surface area contributed by atoms with E-state index in [2.05, 4.69) is 12.0 Å². The predicted octanol–water partition coefficient (Wildman–Crippen LogP) is 2.24. The van der Waals surface area contributed by atoms with E-state index in [9.17, 15) is 0 Å². The van der Waals surface area contributed by atoms with E-state index >= 15 is 0 Å². The third kappa shape index (κ3) is 3.23. The topological polar surface area (TPSA) is 36.3 Å².